The normalized spacial score (nSPS) is 12.2. The van der Waals surface area contributed by atoms with Gasteiger partial charge in [-0.3, -0.25) is 4.79 Å². The van der Waals surface area contributed by atoms with E-state index in [-0.39, 0.29) is 5.39 Å². The van der Waals surface area contributed by atoms with E-state index in [0.29, 0.717) is 15.9 Å². The Balaban J connectivity index is 2.63. The standard InChI is InChI=1S/C10H10F3N3O/c1-15-7-2-3-16(5-10(11,12)13)9(17)6(7)4-8(15)14/h2-4H,5,14H2,1H3. The lowest BCUT2D eigenvalue weighted by Crippen LogP contribution is -2.27. The van der Waals surface area contributed by atoms with Crippen LogP contribution in [0.15, 0.2) is 23.1 Å². The fraction of sp³-hybridized carbons (Fsp3) is 0.300. The van der Waals surface area contributed by atoms with Crippen LogP contribution in [0.1, 0.15) is 0 Å². The van der Waals surface area contributed by atoms with Gasteiger partial charge in [-0.25, -0.2) is 0 Å². The zero-order chi connectivity index (χ0) is 12.8. The van der Waals surface area contributed by atoms with Crippen LogP contribution in [0, 0.1) is 0 Å². The van der Waals surface area contributed by atoms with Gasteiger partial charge in [-0.05, 0) is 12.1 Å². The summed E-state index contributed by atoms with van der Waals surface area (Å²) in [5.41, 5.74) is 5.42. The van der Waals surface area contributed by atoms with Gasteiger partial charge in [-0.15, -0.1) is 0 Å². The molecule has 92 valence electrons. The Morgan fingerprint density at radius 2 is 2.06 bits per heavy atom. The van der Waals surface area contributed by atoms with Crippen LogP contribution < -0.4 is 11.3 Å². The fourth-order valence-electron chi connectivity index (χ4n) is 1.71. The molecule has 0 aliphatic rings. The number of nitrogens with zero attached hydrogens (tertiary/aromatic N) is 2. The van der Waals surface area contributed by atoms with E-state index in [1.54, 1.807) is 11.6 Å². The summed E-state index contributed by atoms with van der Waals surface area (Å²) in [6.45, 7) is -1.30. The second-order valence-electron chi connectivity index (χ2n) is 3.79. The highest BCUT2D eigenvalue weighted by atomic mass is 19.4. The summed E-state index contributed by atoms with van der Waals surface area (Å²) in [6.07, 6.45) is -3.30. The summed E-state index contributed by atoms with van der Waals surface area (Å²) >= 11 is 0. The molecule has 7 heteroatoms. The van der Waals surface area contributed by atoms with E-state index in [1.165, 1.54) is 12.1 Å². The van der Waals surface area contributed by atoms with Crippen molar-refractivity contribution in [2.24, 2.45) is 7.05 Å². The van der Waals surface area contributed by atoms with Gasteiger partial charge < -0.3 is 14.9 Å². The predicted octanol–water partition coefficient (Wildman–Crippen LogP) is 1.48. The smallest absolute Gasteiger partial charge is 0.385 e. The fourth-order valence-corrected chi connectivity index (χ4v) is 1.71. The molecule has 2 heterocycles. The Morgan fingerprint density at radius 3 is 2.65 bits per heavy atom. The minimum Gasteiger partial charge on any atom is -0.385 e. The van der Waals surface area contributed by atoms with Crippen LogP contribution in [-0.4, -0.2) is 15.3 Å². The Kier molecular flexibility index (Phi) is 2.41. The molecular weight excluding hydrogens is 235 g/mol. The van der Waals surface area contributed by atoms with Crippen molar-refractivity contribution in [2.75, 3.05) is 5.73 Å². The zero-order valence-corrected chi connectivity index (χ0v) is 8.95. The molecule has 0 saturated carbocycles. The number of fused-ring (bicyclic) bond motifs is 1. The summed E-state index contributed by atoms with van der Waals surface area (Å²) in [5, 5.41) is 0.191. The molecule has 0 unspecified atom stereocenters. The minimum atomic E-state index is -4.42. The van der Waals surface area contributed by atoms with Crippen LogP contribution in [-0.2, 0) is 13.6 Å². The highest BCUT2D eigenvalue weighted by Gasteiger charge is 2.28. The maximum absolute atomic E-state index is 12.2. The highest BCUT2D eigenvalue weighted by molar-refractivity contribution is 5.83. The molecule has 2 N–H and O–H groups in total. The highest BCUT2D eigenvalue weighted by Crippen LogP contribution is 2.19. The molecule has 2 aromatic rings. The van der Waals surface area contributed by atoms with Crippen molar-refractivity contribution in [3.63, 3.8) is 0 Å². The van der Waals surface area contributed by atoms with E-state index in [1.807, 2.05) is 0 Å². The molecule has 2 aromatic heterocycles. The van der Waals surface area contributed by atoms with Gasteiger partial charge in [0.05, 0.1) is 10.9 Å². The van der Waals surface area contributed by atoms with Crippen molar-refractivity contribution >= 4 is 16.7 Å². The number of halogens is 3. The topological polar surface area (TPSA) is 52.9 Å². The summed E-state index contributed by atoms with van der Waals surface area (Å²) in [5.74, 6) is 0.335. The van der Waals surface area contributed by atoms with E-state index < -0.39 is 18.3 Å². The lowest BCUT2D eigenvalue weighted by atomic mass is 10.3. The van der Waals surface area contributed by atoms with Crippen molar-refractivity contribution in [1.82, 2.24) is 9.13 Å². The first-order chi connectivity index (χ1) is 7.79. The van der Waals surface area contributed by atoms with Crippen LogP contribution in [0.4, 0.5) is 19.0 Å². The molecule has 0 aliphatic carbocycles. The van der Waals surface area contributed by atoms with Gasteiger partial charge in [-0.1, -0.05) is 0 Å². The van der Waals surface area contributed by atoms with E-state index in [4.69, 9.17) is 5.73 Å². The molecule has 0 fully saturated rings. The van der Waals surface area contributed by atoms with Gasteiger partial charge in [0.1, 0.15) is 12.4 Å². The third-order valence-corrected chi connectivity index (χ3v) is 2.57. The second-order valence-corrected chi connectivity index (χ2v) is 3.79. The molecule has 0 saturated heterocycles. The van der Waals surface area contributed by atoms with E-state index >= 15 is 0 Å². The first kappa shape index (κ1) is 11.6. The molecule has 0 aromatic carbocycles. The predicted molar refractivity (Wildman–Crippen MR) is 57.6 cm³/mol. The third-order valence-electron chi connectivity index (χ3n) is 2.57. The lowest BCUT2D eigenvalue weighted by molar-refractivity contribution is -0.141. The second kappa shape index (κ2) is 3.54. The molecule has 0 atom stereocenters. The SMILES string of the molecule is Cn1c(N)cc2c(=O)n(CC(F)(F)F)ccc21. The molecule has 0 spiro atoms. The molecule has 0 aliphatic heterocycles. The quantitative estimate of drug-likeness (QED) is 0.827. The molecule has 17 heavy (non-hydrogen) atoms. The van der Waals surface area contributed by atoms with Gasteiger partial charge >= 0.3 is 6.18 Å². The van der Waals surface area contributed by atoms with Gasteiger partial charge in [0.15, 0.2) is 0 Å². The number of rotatable bonds is 1. The number of aromatic nitrogens is 2. The van der Waals surface area contributed by atoms with Gasteiger partial charge in [0.2, 0.25) is 0 Å². The van der Waals surface area contributed by atoms with Crippen molar-refractivity contribution < 1.29 is 13.2 Å². The van der Waals surface area contributed by atoms with Crippen molar-refractivity contribution in [2.45, 2.75) is 12.7 Å². The number of aryl methyl sites for hydroxylation is 1. The number of nitrogens with two attached hydrogens (primary N) is 1. The van der Waals surface area contributed by atoms with E-state index in [2.05, 4.69) is 0 Å². The molecular formula is C10H10F3N3O. The summed E-state index contributed by atoms with van der Waals surface area (Å²) in [7, 11) is 1.64. The number of anilines is 1. The first-order valence-corrected chi connectivity index (χ1v) is 4.81. The number of hydrogen-bond acceptors (Lipinski definition) is 2. The van der Waals surface area contributed by atoms with E-state index in [9.17, 15) is 18.0 Å². The monoisotopic (exact) mass is 245 g/mol. The Bertz CT molecular complexity index is 624. The van der Waals surface area contributed by atoms with Crippen LogP contribution in [0.2, 0.25) is 0 Å². The van der Waals surface area contributed by atoms with Crippen LogP contribution in [0.25, 0.3) is 10.9 Å². The minimum absolute atomic E-state index is 0.191. The Hall–Kier alpha value is -1.92. The summed E-state index contributed by atoms with van der Waals surface area (Å²) in [4.78, 5) is 11.8. The Labute approximate surface area is 94.1 Å². The maximum Gasteiger partial charge on any atom is 0.406 e. The number of nitrogen functional groups attached to an aromatic ring is 1. The largest absolute Gasteiger partial charge is 0.406 e. The van der Waals surface area contributed by atoms with Crippen LogP contribution >= 0.6 is 0 Å². The van der Waals surface area contributed by atoms with Crippen LogP contribution in [0.5, 0.6) is 0 Å². The molecule has 4 nitrogen and oxygen atoms in total. The molecule has 2 rings (SSSR count). The third kappa shape index (κ3) is 2.00. The molecule has 0 radical (unpaired) electrons. The lowest BCUT2D eigenvalue weighted by Gasteiger charge is -2.09. The number of pyridine rings is 1. The van der Waals surface area contributed by atoms with Crippen molar-refractivity contribution in [3.8, 4) is 0 Å². The van der Waals surface area contributed by atoms with Crippen molar-refractivity contribution in [1.29, 1.82) is 0 Å². The summed E-state index contributed by atoms with van der Waals surface area (Å²) in [6, 6.07) is 2.82. The average molecular weight is 245 g/mol. The number of alkyl halides is 3. The van der Waals surface area contributed by atoms with Gasteiger partial charge in [0.25, 0.3) is 5.56 Å². The van der Waals surface area contributed by atoms with Crippen LogP contribution in [0.3, 0.4) is 0 Å². The maximum atomic E-state index is 12.2. The van der Waals surface area contributed by atoms with Crippen molar-refractivity contribution in [3.05, 3.63) is 28.7 Å². The first-order valence-electron chi connectivity index (χ1n) is 4.81. The average Bonchev–Trinajstić information content (AvgIpc) is 2.48. The molecule has 0 bridgehead atoms. The molecule has 0 amide bonds. The zero-order valence-electron chi connectivity index (χ0n) is 8.95. The summed E-state index contributed by atoms with van der Waals surface area (Å²) < 4.78 is 38.8. The number of hydrogen-bond donors (Lipinski definition) is 1. The van der Waals surface area contributed by atoms with Gasteiger partial charge in [-0.2, -0.15) is 13.2 Å². The van der Waals surface area contributed by atoms with Gasteiger partial charge in [0, 0.05) is 13.2 Å². The Morgan fingerprint density at radius 1 is 1.41 bits per heavy atom. The van der Waals surface area contributed by atoms with E-state index in [0.717, 1.165) is 6.20 Å².